The van der Waals surface area contributed by atoms with Gasteiger partial charge in [-0.15, -0.1) is 11.3 Å². The molecule has 1 fully saturated rings. The molecule has 1 aromatic carbocycles. The van der Waals surface area contributed by atoms with Crippen LogP contribution in [0.15, 0.2) is 30.5 Å². The lowest BCUT2D eigenvalue weighted by molar-refractivity contribution is 0.100. The number of thiazole rings is 1. The van der Waals surface area contributed by atoms with E-state index in [0.717, 1.165) is 41.2 Å². The third-order valence-electron chi connectivity index (χ3n) is 4.41. The molecule has 6 nitrogen and oxygen atoms in total. The van der Waals surface area contributed by atoms with Crippen molar-refractivity contribution in [2.75, 3.05) is 18.4 Å². The number of hydrogen-bond acceptors (Lipinski definition) is 6. The number of amides is 1. The zero-order chi connectivity index (χ0) is 18.1. The highest BCUT2D eigenvalue weighted by Gasteiger charge is 2.20. The van der Waals surface area contributed by atoms with Gasteiger partial charge in [0.1, 0.15) is 10.5 Å². The molecule has 0 aliphatic carbocycles. The van der Waals surface area contributed by atoms with Crippen molar-refractivity contribution in [1.29, 1.82) is 0 Å². The van der Waals surface area contributed by atoms with E-state index in [2.05, 4.69) is 15.6 Å². The first kappa shape index (κ1) is 17.2. The summed E-state index contributed by atoms with van der Waals surface area (Å²) in [6.07, 6.45) is 3.72. The largest absolute Gasteiger partial charge is 0.366 e. The monoisotopic (exact) mass is 387 g/mol. The van der Waals surface area contributed by atoms with Crippen LogP contribution in [0.25, 0.3) is 20.8 Å². The Bertz CT molecular complexity index is 950. The molecule has 2 aromatic heterocycles. The SMILES string of the molecule is NC(=O)c1cnc(N[C@H]2CCCNC2)c2nc(-c3ccc(Cl)cc3)sc12. The number of aromatic nitrogens is 2. The maximum Gasteiger partial charge on any atom is 0.251 e. The van der Waals surface area contributed by atoms with Crippen LogP contribution < -0.4 is 16.4 Å². The fourth-order valence-corrected chi connectivity index (χ4v) is 4.29. The summed E-state index contributed by atoms with van der Waals surface area (Å²) in [6, 6.07) is 7.76. The third kappa shape index (κ3) is 3.38. The van der Waals surface area contributed by atoms with E-state index in [9.17, 15) is 4.79 Å². The number of carbonyl (C=O) groups is 1. The van der Waals surface area contributed by atoms with Crippen LogP contribution in [0.3, 0.4) is 0 Å². The van der Waals surface area contributed by atoms with Crippen molar-refractivity contribution in [2.45, 2.75) is 18.9 Å². The number of nitrogens with zero attached hydrogens (tertiary/aromatic N) is 2. The molecular weight excluding hydrogens is 370 g/mol. The molecule has 0 spiro atoms. The van der Waals surface area contributed by atoms with Crippen LogP contribution in [-0.2, 0) is 0 Å². The second kappa shape index (κ2) is 7.19. The molecule has 4 N–H and O–H groups in total. The molecule has 3 heterocycles. The van der Waals surface area contributed by atoms with Crippen molar-refractivity contribution in [1.82, 2.24) is 15.3 Å². The van der Waals surface area contributed by atoms with Gasteiger partial charge in [-0.3, -0.25) is 4.79 Å². The molecule has 26 heavy (non-hydrogen) atoms. The third-order valence-corrected chi connectivity index (χ3v) is 5.80. The highest BCUT2D eigenvalue weighted by molar-refractivity contribution is 7.22. The van der Waals surface area contributed by atoms with Gasteiger partial charge in [-0.25, -0.2) is 9.97 Å². The van der Waals surface area contributed by atoms with E-state index < -0.39 is 5.91 Å². The van der Waals surface area contributed by atoms with Gasteiger partial charge >= 0.3 is 0 Å². The molecule has 3 aromatic rings. The predicted octanol–water partition coefficient (Wildman–Crippen LogP) is 3.27. The first-order valence-electron chi connectivity index (χ1n) is 8.44. The molecule has 1 aliphatic rings. The summed E-state index contributed by atoms with van der Waals surface area (Å²) >= 11 is 7.41. The van der Waals surface area contributed by atoms with Gasteiger partial charge in [0.25, 0.3) is 5.91 Å². The Morgan fingerprint density at radius 2 is 2.15 bits per heavy atom. The Balaban J connectivity index is 1.78. The summed E-state index contributed by atoms with van der Waals surface area (Å²) in [4.78, 5) is 21.0. The molecule has 0 unspecified atom stereocenters. The Labute approximate surface area is 159 Å². The fourth-order valence-electron chi connectivity index (χ4n) is 3.08. The Hall–Kier alpha value is -2.22. The van der Waals surface area contributed by atoms with Crippen molar-refractivity contribution >= 4 is 44.9 Å². The number of primary amides is 1. The van der Waals surface area contributed by atoms with E-state index in [1.807, 2.05) is 24.3 Å². The van der Waals surface area contributed by atoms with E-state index >= 15 is 0 Å². The number of anilines is 1. The van der Waals surface area contributed by atoms with Crippen LogP contribution in [0.4, 0.5) is 5.82 Å². The van der Waals surface area contributed by atoms with Crippen molar-refractivity contribution < 1.29 is 4.79 Å². The molecule has 4 rings (SSSR count). The lowest BCUT2D eigenvalue weighted by Gasteiger charge is -2.24. The molecule has 1 atom stereocenters. The zero-order valence-corrected chi connectivity index (χ0v) is 15.5. The lowest BCUT2D eigenvalue weighted by Crippen LogP contribution is -2.38. The number of halogens is 1. The first-order chi connectivity index (χ1) is 12.6. The molecule has 1 aliphatic heterocycles. The second-order valence-electron chi connectivity index (χ2n) is 6.28. The van der Waals surface area contributed by atoms with Crippen LogP contribution in [0.1, 0.15) is 23.2 Å². The second-order valence-corrected chi connectivity index (χ2v) is 7.71. The number of piperidine rings is 1. The van der Waals surface area contributed by atoms with Gasteiger partial charge in [0.2, 0.25) is 0 Å². The van der Waals surface area contributed by atoms with E-state index in [1.165, 1.54) is 17.5 Å². The van der Waals surface area contributed by atoms with Crippen molar-refractivity contribution in [2.24, 2.45) is 5.73 Å². The number of nitrogens with two attached hydrogens (primary N) is 1. The molecule has 134 valence electrons. The van der Waals surface area contributed by atoms with Crippen molar-refractivity contribution in [3.63, 3.8) is 0 Å². The van der Waals surface area contributed by atoms with Gasteiger partial charge in [0.05, 0.1) is 10.3 Å². The van der Waals surface area contributed by atoms with Crippen LogP contribution in [-0.4, -0.2) is 35.0 Å². The van der Waals surface area contributed by atoms with E-state index in [4.69, 9.17) is 22.3 Å². The Morgan fingerprint density at radius 3 is 2.85 bits per heavy atom. The predicted molar refractivity (Wildman–Crippen MR) is 106 cm³/mol. The highest BCUT2D eigenvalue weighted by Crippen LogP contribution is 2.35. The van der Waals surface area contributed by atoms with Gasteiger partial charge in [0, 0.05) is 29.4 Å². The molecule has 0 saturated carbocycles. The van der Waals surface area contributed by atoms with Crippen LogP contribution in [0, 0.1) is 0 Å². The minimum atomic E-state index is -0.500. The van der Waals surface area contributed by atoms with Crippen LogP contribution in [0.5, 0.6) is 0 Å². The maximum atomic E-state index is 11.8. The van der Waals surface area contributed by atoms with Crippen LogP contribution >= 0.6 is 22.9 Å². The summed E-state index contributed by atoms with van der Waals surface area (Å²) in [5.74, 6) is 0.190. The summed E-state index contributed by atoms with van der Waals surface area (Å²) in [7, 11) is 0. The molecule has 8 heteroatoms. The topological polar surface area (TPSA) is 92.9 Å². The average Bonchev–Trinajstić information content (AvgIpc) is 3.09. The molecule has 0 radical (unpaired) electrons. The zero-order valence-electron chi connectivity index (χ0n) is 14.0. The number of pyridine rings is 1. The van der Waals surface area contributed by atoms with Gasteiger partial charge in [-0.2, -0.15) is 0 Å². The maximum absolute atomic E-state index is 11.8. The highest BCUT2D eigenvalue weighted by atomic mass is 35.5. The number of rotatable bonds is 4. The number of fused-ring (bicyclic) bond motifs is 1. The molecule has 1 saturated heterocycles. The minimum absolute atomic E-state index is 0.291. The summed E-state index contributed by atoms with van der Waals surface area (Å²) < 4.78 is 0.753. The fraction of sp³-hybridized carbons (Fsp3) is 0.278. The summed E-state index contributed by atoms with van der Waals surface area (Å²) in [6.45, 7) is 1.92. The normalized spacial score (nSPS) is 17.3. The molecular formula is C18H18ClN5OS. The molecule has 1 amide bonds. The smallest absolute Gasteiger partial charge is 0.251 e. The lowest BCUT2D eigenvalue weighted by atomic mass is 10.1. The quantitative estimate of drug-likeness (QED) is 0.638. The number of benzene rings is 1. The van der Waals surface area contributed by atoms with Crippen molar-refractivity contribution in [3.05, 3.63) is 41.0 Å². The summed E-state index contributed by atoms with van der Waals surface area (Å²) in [5.41, 5.74) is 7.55. The minimum Gasteiger partial charge on any atom is -0.366 e. The van der Waals surface area contributed by atoms with E-state index in [-0.39, 0.29) is 0 Å². The standard InChI is InChI=1S/C18H18ClN5OS/c19-11-5-3-10(4-6-11)18-24-14-15(26-18)13(16(20)25)9-22-17(14)23-12-2-1-7-21-8-12/h3-6,9,12,21H,1-2,7-8H2,(H2,20,25)(H,22,23)/t12-/m0/s1. The van der Waals surface area contributed by atoms with Gasteiger partial charge < -0.3 is 16.4 Å². The van der Waals surface area contributed by atoms with E-state index in [1.54, 1.807) is 0 Å². The summed E-state index contributed by atoms with van der Waals surface area (Å²) in [5, 5.41) is 8.31. The number of carbonyl (C=O) groups excluding carboxylic acids is 1. The molecule has 0 bridgehead atoms. The van der Waals surface area contributed by atoms with E-state index in [0.29, 0.717) is 28.0 Å². The average molecular weight is 388 g/mol. The van der Waals surface area contributed by atoms with Gasteiger partial charge in [-0.1, -0.05) is 23.7 Å². The number of hydrogen-bond donors (Lipinski definition) is 3. The Morgan fingerprint density at radius 1 is 1.35 bits per heavy atom. The van der Waals surface area contributed by atoms with Crippen LogP contribution in [0.2, 0.25) is 5.02 Å². The Kier molecular flexibility index (Phi) is 4.76. The van der Waals surface area contributed by atoms with Gasteiger partial charge in [-0.05, 0) is 31.5 Å². The number of nitrogens with one attached hydrogen (secondary N) is 2. The first-order valence-corrected chi connectivity index (χ1v) is 9.64. The van der Waals surface area contributed by atoms with Gasteiger partial charge in [0.15, 0.2) is 5.82 Å². The van der Waals surface area contributed by atoms with Crippen molar-refractivity contribution in [3.8, 4) is 10.6 Å².